The summed E-state index contributed by atoms with van der Waals surface area (Å²) in [6.45, 7) is 7.36. The van der Waals surface area contributed by atoms with Gasteiger partial charge in [-0.25, -0.2) is 4.39 Å². The Morgan fingerprint density at radius 3 is 2.85 bits per heavy atom. The van der Waals surface area contributed by atoms with Crippen LogP contribution in [0.1, 0.15) is 44.2 Å². The van der Waals surface area contributed by atoms with Crippen LogP contribution in [0.3, 0.4) is 0 Å². The highest BCUT2D eigenvalue weighted by molar-refractivity contribution is 5.37. The fourth-order valence-corrected chi connectivity index (χ4v) is 3.05. The Kier molecular flexibility index (Phi) is 5.14. The number of nitriles is 1. The zero-order valence-electron chi connectivity index (χ0n) is 12.4. The van der Waals surface area contributed by atoms with Crippen LogP contribution < -0.4 is 0 Å². The van der Waals surface area contributed by atoms with Crippen LogP contribution in [0.2, 0.25) is 0 Å². The van der Waals surface area contributed by atoms with E-state index in [1.54, 1.807) is 6.07 Å². The Bertz CT molecular complexity index is 490. The molecule has 108 valence electrons. The smallest absolute Gasteiger partial charge is 0.123 e. The average Bonchev–Trinajstić information content (AvgIpc) is 2.65. The number of rotatable bonds is 3. The maximum Gasteiger partial charge on any atom is 0.123 e. The number of halogens is 1. The molecule has 1 aromatic carbocycles. The van der Waals surface area contributed by atoms with Gasteiger partial charge < -0.3 is 0 Å². The number of benzene rings is 1. The van der Waals surface area contributed by atoms with Crippen molar-refractivity contribution in [2.45, 2.75) is 39.7 Å². The van der Waals surface area contributed by atoms with E-state index in [-0.39, 0.29) is 5.82 Å². The monoisotopic (exact) mass is 274 g/mol. The highest BCUT2D eigenvalue weighted by atomic mass is 19.1. The minimum Gasteiger partial charge on any atom is -0.299 e. The summed E-state index contributed by atoms with van der Waals surface area (Å²) in [4.78, 5) is 2.36. The fourth-order valence-electron chi connectivity index (χ4n) is 3.05. The van der Waals surface area contributed by atoms with Gasteiger partial charge in [-0.2, -0.15) is 5.26 Å². The third-order valence-corrected chi connectivity index (χ3v) is 4.39. The highest BCUT2D eigenvalue weighted by Crippen LogP contribution is 2.25. The first-order valence-corrected chi connectivity index (χ1v) is 7.51. The largest absolute Gasteiger partial charge is 0.299 e. The van der Waals surface area contributed by atoms with E-state index >= 15 is 0 Å². The number of nitrogens with zero attached hydrogens (tertiary/aromatic N) is 2. The van der Waals surface area contributed by atoms with Crippen molar-refractivity contribution in [1.82, 2.24) is 4.90 Å². The predicted octanol–water partition coefficient (Wildman–Crippen LogP) is 3.96. The van der Waals surface area contributed by atoms with Crippen molar-refractivity contribution in [3.8, 4) is 6.07 Å². The van der Waals surface area contributed by atoms with Crippen LogP contribution >= 0.6 is 0 Å². The Balaban J connectivity index is 2.04. The van der Waals surface area contributed by atoms with Gasteiger partial charge >= 0.3 is 0 Å². The van der Waals surface area contributed by atoms with Crippen molar-refractivity contribution in [2.75, 3.05) is 13.1 Å². The lowest BCUT2D eigenvalue weighted by molar-refractivity contribution is 0.264. The lowest BCUT2D eigenvalue weighted by Gasteiger charge is -2.21. The fraction of sp³-hybridized carbons (Fsp3) is 0.588. The summed E-state index contributed by atoms with van der Waals surface area (Å²) in [7, 11) is 0. The molecule has 0 aliphatic carbocycles. The third-order valence-electron chi connectivity index (χ3n) is 4.39. The average molecular weight is 274 g/mol. The Morgan fingerprint density at radius 1 is 1.35 bits per heavy atom. The molecule has 2 nitrogen and oxygen atoms in total. The predicted molar refractivity (Wildman–Crippen MR) is 78.6 cm³/mol. The molecule has 1 aliphatic heterocycles. The maximum atomic E-state index is 13.4. The van der Waals surface area contributed by atoms with Crippen molar-refractivity contribution < 1.29 is 4.39 Å². The second kappa shape index (κ2) is 6.85. The van der Waals surface area contributed by atoms with Gasteiger partial charge in [0.2, 0.25) is 0 Å². The standard InChI is InChI=1S/C17H23FN2/c1-13(2)14-4-3-8-20(9-7-14)12-16-10-17(18)6-5-15(16)11-19/h5-6,10,13-14H,3-4,7-9,12H2,1-2H3. The molecule has 20 heavy (non-hydrogen) atoms. The Morgan fingerprint density at radius 2 is 2.15 bits per heavy atom. The SMILES string of the molecule is CC(C)C1CCCN(Cc2cc(F)ccc2C#N)CC1. The van der Waals surface area contributed by atoms with Crippen LogP contribution in [0.4, 0.5) is 4.39 Å². The van der Waals surface area contributed by atoms with E-state index in [1.807, 2.05) is 0 Å². The van der Waals surface area contributed by atoms with Crippen molar-refractivity contribution in [2.24, 2.45) is 11.8 Å². The third kappa shape index (κ3) is 3.80. The number of likely N-dealkylation sites (tertiary alicyclic amines) is 1. The second-order valence-electron chi connectivity index (χ2n) is 6.12. The van der Waals surface area contributed by atoms with E-state index in [1.165, 1.54) is 31.4 Å². The minimum absolute atomic E-state index is 0.256. The number of hydrogen-bond acceptors (Lipinski definition) is 2. The first-order valence-electron chi connectivity index (χ1n) is 7.51. The summed E-state index contributed by atoms with van der Waals surface area (Å²) in [6.07, 6.45) is 3.68. The molecule has 1 heterocycles. The van der Waals surface area contributed by atoms with Gasteiger partial charge in [0.05, 0.1) is 11.6 Å². The first kappa shape index (κ1) is 15.0. The molecule has 1 aliphatic rings. The summed E-state index contributed by atoms with van der Waals surface area (Å²) >= 11 is 0. The number of hydrogen-bond donors (Lipinski definition) is 0. The first-order chi connectivity index (χ1) is 9.60. The summed E-state index contributed by atoms with van der Waals surface area (Å²) in [5, 5.41) is 9.12. The van der Waals surface area contributed by atoms with Gasteiger partial charge in [0.25, 0.3) is 0 Å². The quantitative estimate of drug-likeness (QED) is 0.834. The lowest BCUT2D eigenvalue weighted by Crippen LogP contribution is -2.25. The summed E-state index contributed by atoms with van der Waals surface area (Å²) < 4.78 is 13.4. The molecule has 0 saturated carbocycles. The zero-order valence-corrected chi connectivity index (χ0v) is 12.4. The summed E-state index contributed by atoms with van der Waals surface area (Å²) in [5.41, 5.74) is 1.41. The molecule has 0 amide bonds. The molecule has 0 bridgehead atoms. The van der Waals surface area contributed by atoms with Crippen LogP contribution in [0, 0.1) is 29.0 Å². The topological polar surface area (TPSA) is 27.0 Å². The Hall–Kier alpha value is -1.40. The van der Waals surface area contributed by atoms with Crippen molar-refractivity contribution in [3.05, 3.63) is 35.1 Å². The van der Waals surface area contributed by atoms with E-state index < -0.39 is 0 Å². The van der Waals surface area contributed by atoms with E-state index in [0.29, 0.717) is 12.1 Å². The van der Waals surface area contributed by atoms with Gasteiger partial charge in [0, 0.05) is 6.54 Å². The second-order valence-corrected chi connectivity index (χ2v) is 6.12. The van der Waals surface area contributed by atoms with Crippen LogP contribution in [-0.2, 0) is 6.54 Å². The maximum absolute atomic E-state index is 13.4. The van der Waals surface area contributed by atoms with Crippen LogP contribution in [-0.4, -0.2) is 18.0 Å². The minimum atomic E-state index is -0.256. The van der Waals surface area contributed by atoms with Crippen LogP contribution in [0.15, 0.2) is 18.2 Å². The van der Waals surface area contributed by atoms with E-state index in [4.69, 9.17) is 5.26 Å². The summed E-state index contributed by atoms with van der Waals surface area (Å²) in [6, 6.07) is 6.61. The van der Waals surface area contributed by atoms with Gasteiger partial charge in [0.15, 0.2) is 0 Å². The highest BCUT2D eigenvalue weighted by Gasteiger charge is 2.20. The molecule has 1 aromatic rings. The molecule has 1 saturated heterocycles. The summed E-state index contributed by atoms with van der Waals surface area (Å²) in [5.74, 6) is 1.27. The Labute approximate surface area is 121 Å². The molecule has 0 radical (unpaired) electrons. The molecule has 1 fully saturated rings. The molecular weight excluding hydrogens is 251 g/mol. The van der Waals surface area contributed by atoms with Crippen LogP contribution in [0.25, 0.3) is 0 Å². The normalized spacial score (nSPS) is 20.6. The van der Waals surface area contributed by atoms with Gasteiger partial charge in [-0.1, -0.05) is 13.8 Å². The molecule has 0 N–H and O–H groups in total. The van der Waals surface area contributed by atoms with Gasteiger partial charge in [-0.05, 0) is 68.0 Å². The van der Waals surface area contributed by atoms with Gasteiger partial charge in [-0.15, -0.1) is 0 Å². The molecule has 1 atom stereocenters. The van der Waals surface area contributed by atoms with Gasteiger partial charge in [-0.3, -0.25) is 4.90 Å². The lowest BCUT2D eigenvalue weighted by atomic mass is 9.89. The molecular formula is C17H23FN2. The zero-order chi connectivity index (χ0) is 14.5. The van der Waals surface area contributed by atoms with Crippen molar-refractivity contribution in [1.29, 1.82) is 5.26 Å². The van der Waals surface area contributed by atoms with Crippen LogP contribution in [0.5, 0.6) is 0 Å². The van der Waals surface area contributed by atoms with E-state index in [0.717, 1.165) is 30.5 Å². The molecule has 1 unspecified atom stereocenters. The van der Waals surface area contributed by atoms with Crippen molar-refractivity contribution >= 4 is 0 Å². The molecule has 0 aromatic heterocycles. The van der Waals surface area contributed by atoms with E-state index in [9.17, 15) is 4.39 Å². The molecule has 2 rings (SSSR count). The molecule has 0 spiro atoms. The van der Waals surface area contributed by atoms with E-state index in [2.05, 4.69) is 24.8 Å². The van der Waals surface area contributed by atoms with Crippen molar-refractivity contribution in [3.63, 3.8) is 0 Å². The molecule has 3 heteroatoms. The van der Waals surface area contributed by atoms with Gasteiger partial charge in [0.1, 0.15) is 5.82 Å².